The summed E-state index contributed by atoms with van der Waals surface area (Å²) >= 11 is 0. The van der Waals surface area contributed by atoms with Crippen molar-refractivity contribution in [1.82, 2.24) is 15.0 Å². The highest BCUT2D eigenvalue weighted by Crippen LogP contribution is 2.27. The molecule has 0 spiro atoms. The van der Waals surface area contributed by atoms with Gasteiger partial charge in [-0.25, -0.2) is 0 Å². The van der Waals surface area contributed by atoms with Crippen LogP contribution in [0.1, 0.15) is 23.3 Å². The number of amides is 1. The zero-order chi connectivity index (χ0) is 15.9. The van der Waals surface area contributed by atoms with E-state index < -0.39 is 16.7 Å². The Kier molecular flexibility index (Phi) is 3.17. The van der Waals surface area contributed by atoms with Crippen molar-refractivity contribution < 1.29 is 20.0 Å². The molecule has 0 radical (unpaired) electrons. The smallest absolute Gasteiger partial charge is 0.277 e. The van der Waals surface area contributed by atoms with Crippen molar-refractivity contribution in [1.29, 1.82) is 0 Å². The highest BCUT2D eigenvalue weighted by molar-refractivity contribution is 5.95. The van der Waals surface area contributed by atoms with E-state index in [-0.39, 0.29) is 23.2 Å². The first-order chi connectivity index (χ1) is 10.5. The number of aromatic hydroxyl groups is 1. The van der Waals surface area contributed by atoms with E-state index in [1.54, 1.807) is 0 Å². The molecule has 22 heavy (non-hydrogen) atoms. The molecule has 0 saturated heterocycles. The average Bonchev–Trinajstić information content (AvgIpc) is 3.23. The van der Waals surface area contributed by atoms with Crippen LogP contribution < -0.4 is 5.32 Å². The van der Waals surface area contributed by atoms with Crippen molar-refractivity contribution >= 4 is 11.6 Å². The van der Waals surface area contributed by atoms with Crippen LogP contribution in [0.4, 0.5) is 5.69 Å². The summed E-state index contributed by atoms with van der Waals surface area (Å²) in [5.41, 5.74) is -0.148. The first kappa shape index (κ1) is 13.9. The number of nitrogens with zero attached hydrogens (tertiary/aromatic N) is 3. The third-order valence-corrected chi connectivity index (χ3v) is 3.30. The largest absolute Gasteiger partial charge is 0.492 e. The fourth-order valence-electron chi connectivity index (χ4n) is 2.00. The van der Waals surface area contributed by atoms with Crippen LogP contribution in [0, 0.1) is 10.1 Å². The van der Waals surface area contributed by atoms with Crippen molar-refractivity contribution in [2.75, 3.05) is 0 Å². The van der Waals surface area contributed by atoms with E-state index in [1.165, 1.54) is 24.3 Å². The monoisotopic (exact) mass is 304 g/mol. The van der Waals surface area contributed by atoms with E-state index in [1.807, 2.05) is 0 Å². The minimum Gasteiger partial charge on any atom is -0.492 e. The van der Waals surface area contributed by atoms with E-state index in [0.29, 0.717) is 10.3 Å². The number of nitro groups is 1. The Labute approximate surface area is 123 Å². The number of imidazole rings is 1. The molecule has 1 amide bonds. The number of carbonyl (C=O) groups is 1. The fourth-order valence-corrected chi connectivity index (χ4v) is 2.00. The number of aromatic nitrogens is 2. The number of nitrogens with one attached hydrogen (secondary N) is 1. The number of nitro benzene ring substituents is 1. The van der Waals surface area contributed by atoms with Crippen molar-refractivity contribution in [3.63, 3.8) is 0 Å². The Morgan fingerprint density at radius 1 is 1.36 bits per heavy atom. The van der Waals surface area contributed by atoms with Gasteiger partial charge >= 0.3 is 0 Å². The lowest BCUT2D eigenvalue weighted by molar-refractivity contribution is -0.384. The molecule has 1 saturated carbocycles. The van der Waals surface area contributed by atoms with Crippen LogP contribution in [0.15, 0.2) is 24.3 Å². The maximum absolute atomic E-state index is 11.9. The summed E-state index contributed by atoms with van der Waals surface area (Å²) < 4.78 is 0.480. The van der Waals surface area contributed by atoms with E-state index in [9.17, 15) is 25.2 Å². The molecule has 0 atom stereocenters. The molecular weight excluding hydrogens is 292 g/mol. The molecule has 2 aromatic rings. The molecule has 1 aliphatic rings. The lowest BCUT2D eigenvalue weighted by Crippen LogP contribution is -2.27. The Morgan fingerprint density at radius 3 is 2.55 bits per heavy atom. The van der Waals surface area contributed by atoms with Crippen LogP contribution in [0.25, 0.3) is 11.4 Å². The molecule has 3 rings (SSSR count). The lowest BCUT2D eigenvalue weighted by atomic mass is 10.2. The average molecular weight is 304 g/mol. The molecule has 1 fully saturated rings. The van der Waals surface area contributed by atoms with Gasteiger partial charge in [-0.1, -0.05) is 0 Å². The van der Waals surface area contributed by atoms with Crippen LogP contribution in [0.3, 0.4) is 0 Å². The van der Waals surface area contributed by atoms with Crippen molar-refractivity contribution in [2.45, 2.75) is 18.9 Å². The SMILES string of the molecule is O=C(NC1CC1)c1c(O)nc(-c2ccc([N+](=O)[O-])cc2)n1O. The first-order valence-corrected chi connectivity index (χ1v) is 6.54. The Balaban J connectivity index is 1.94. The number of non-ortho nitro benzene ring substituents is 1. The molecular formula is C13H12N4O5. The maximum atomic E-state index is 11.9. The predicted molar refractivity (Wildman–Crippen MR) is 73.7 cm³/mol. The summed E-state index contributed by atoms with van der Waals surface area (Å²) in [6.07, 6.45) is 1.72. The van der Waals surface area contributed by atoms with Crippen LogP contribution in [0.5, 0.6) is 5.88 Å². The number of rotatable bonds is 4. The molecule has 0 bridgehead atoms. The van der Waals surface area contributed by atoms with Gasteiger partial charge in [0.05, 0.1) is 4.92 Å². The normalized spacial score (nSPS) is 13.8. The summed E-state index contributed by atoms with van der Waals surface area (Å²) in [5, 5.41) is 33.0. The van der Waals surface area contributed by atoms with Crippen molar-refractivity contribution in [2.24, 2.45) is 0 Å². The van der Waals surface area contributed by atoms with E-state index in [2.05, 4.69) is 10.3 Å². The van der Waals surface area contributed by atoms with Gasteiger partial charge in [0.15, 0.2) is 5.82 Å². The van der Waals surface area contributed by atoms with Gasteiger partial charge in [0.1, 0.15) is 0 Å². The molecule has 1 aliphatic carbocycles. The van der Waals surface area contributed by atoms with Crippen LogP contribution in [-0.4, -0.2) is 36.9 Å². The highest BCUT2D eigenvalue weighted by atomic mass is 16.6. The molecule has 9 heteroatoms. The van der Waals surface area contributed by atoms with Crippen LogP contribution in [0.2, 0.25) is 0 Å². The van der Waals surface area contributed by atoms with Crippen molar-refractivity contribution in [3.8, 4) is 17.3 Å². The molecule has 1 heterocycles. The quantitative estimate of drug-likeness (QED) is 0.443. The van der Waals surface area contributed by atoms with Gasteiger partial charge in [0.2, 0.25) is 11.6 Å². The van der Waals surface area contributed by atoms with Gasteiger partial charge in [-0.15, -0.1) is 0 Å². The minimum absolute atomic E-state index is 0.0598. The van der Waals surface area contributed by atoms with Crippen molar-refractivity contribution in [3.05, 3.63) is 40.1 Å². The third kappa shape index (κ3) is 2.43. The summed E-state index contributed by atoms with van der Waals surface area (Å²) in [6, 6.07) is 5.28. The standard InChI is InChI=1S/C13H12N4O5/c18-12(14-8-3-4-8)10-13(19)15-11(16(10)20)7-1-5-9(6-2-7)17(21)22/h1-2,5-6,8,19-20H,3-4H2,(H,14,18). The second-order valence-corrected chi connectivity index (χ2v) is 4.97. The zero-order valence-electron chi connectivity index (χ0n) is 11.3. The highest BCUT2D eigenvalue weighted by Gasteiger charge is 2.29. The second kappa shape index (κ2) is 5.02. The summed E-state index contributed by atoms with van der Waals surface area (Å²) in [6.45, 7) is 0. The number of carbonyl (C=O) groups excluding carboxylic acids is 1. The summed E-state index contributed by atoms with van der Waals surface area (Å²) in [4.78, 5) is 25.7. The number of hydrogen-bond acceptors (Lipinski definition) is 6. The molecule has 0 aliphatic heterocycles. The molecule has 114 valence electrons. The van der Waals surface area contributed by atoms with Gasteiger partial charge in [0, 0.05) is 23.7 Å². The fraction of sp³-hybridized carbons (Fsp3) is 0.231. The zero-order valence-corrected chi connectivity index (χ0v) is 11.3. The van der Waals surface area contributed by atoms with Gasteiger partial charge in [-0.2, -0.15) is 9.71 Å². The molecule has 1 aromatic carbocycles. The molecule has 0 unspecified atom stereocenters. The summed E-state index contributed by atoms with van der Waals surface area (Å²) in [7, 11) is 0. The summed E-state index contributed by atoms with van der Waals surface area (Å²) in [5.74, 6) is -1.30. The Hall–Kier alpha value is -3.10. The van der Waals surface area contributed by atoms with Gasteiger partial charge < -0.3 is 15.6 Å². The topological polar surface area (TPSA) is 131 Å². The molecule has 3 N–H and O–H groups in total. The van der Waals surface area contributed by atoms with Crippen LogP contribution in [-0.2, 0) is 0 Å². The lowest BCUT2D eigenvalue weighted by Gasteiger charge is -2.04. The predicted octanol–water partition coefficient (Wildman–Crippen LogP) is 1.29. The van der Waals surface area contributed by atoms with Crippen LogP contribution >= 0.6 is 0 Å². The van der Waals surface area contributed by atoms with Gasteiger partial charge in [0.25, 0.3) is 11.6 Å². The third-order valence-electron chi connectivity index (χ3n) is 3.30. The number of hydrogen-bond donors (Lipinski definition) is 3. The first-order valence-electron chi connectivity index (χ1n) is 6.54. The Morgan fingerprint density at radius 2 is 2.00 bits per heavy atom. The van der Waals surface area contributed by atoms with E-state index >= 15 is 0 Å². The minimum atomic E-state index is -0.622. The second-order valence-electron chi connectivity index (χ2n) is 4.97. The molecule has 1 aromatic heterocycles. The molecule has 9 nitrogen and oxygen atoms in total. The maximum Gasteiger partial charge on any atom is 0.277 e. The number of benzene rings is 1. The van der Waals surface area contributed by atoms with E-state index in [4.69, 9.17) is 0 Å². The van der Waals surface area contributed by atoms with Gasteiger partial charge in [-0.3, -0.25) is 14.9 Å². The van der Waals surface area contributed by atoms with E-state index in [0.717, 1.165) is 12.8 Å². The Bertz CT molecular complexity index is 749. The van der Waals surface area contributed by atoms with Gasteiger partial charge in [-0.05, 0) is 25.0 Å².